The molecule has 1 spiro atoms. The van der Waals surface area contributed by atoms with Gasteiger partial charge < -0.3 is 10.6 Å². The van der Waals surface area contributed by atoms with Gasteiger partial charge in [0.25, 0.3) is 0 Å². The zero-order chi connectivity index (χ0) is 14.3. The minimum absolute atomic E-state index is 0.0606. The molecular weight excluding hydrogens is 253 g/mol. The molecular formula is C16H22FN3. The van der Waals surface area contributed by atoms with Crippen LogP contribution in [0.5, 0.6) is 0 Å². The van der Waals surface area contributed by atoms with E-state index < -0.39 is 0 Å². The van der Waals surface area contributed by atoms with Gasteiger partial charge in [0.2, 0.25) is 0 Å². The molecule has 3 nitrogen and oxygen atoms in total. The van der Waals surface area contributed by atoms with E-state index in [-0.39, 0.29) is 11.4 Å². The molecule has 1 saturated carbocycles. The lowest BCUT2D eigenvalue weighted by molar-refractivity contribution is 0.197. The van der Waals surface area contributed by atoms with Crippen molar-refractivity contribution in [2.75, 3.05) is 11.4 Å². The Morgan fingerprint density at radius 2 is 2.00 bits per heavy atom. The first-order chi connectivity index (χ1) is 9.50. The summed E-state index contributed by atoms with van der Waals surface area (Å²) >= 11 is 0. The maximum absolute atomic E-state index is 13.5. The lowest BCUT2D eigenvalue weighted by Gasteiger charge is -2.46. The van der Waals surface area contributed by atoms with Crippen molar-refractivity contribution in [1.29, 1.82) is 0 Å². The van der Waals surface area contributed by atoms with Gasteiger partial charge in [-0.25, -0.2) is 4.39 Å². The van der Waals surface area contributed by atoms with Gasteiger partial charge in [-0.2, -0.15) is 0 Å². The first-order valence-corrected chi connectivity index (χ1v) is 7.36. The minimum Gasteiger partial charge on any atom is -0.369 e. The molecule has 2 atom stereocenters. The van der Waals surface area contributed by atoms with Gasteiger partial charge in [0, 0.05) is 5.69 Å². The van der Waals surface area contributed by atoms with Gasteiger partial charge in [0.15, 0.2) is 5.96 Å². The average Bonchev–Trinajstić information content (AvgIpc) is 2.64. The Labute approximate surface area is 119 Å². The topological polar surface area (TPSA) is 41.6 Å². The summed E-state index contributed by atoms with van der Waals surface area (Å²) in [4.78, 5) is 6.54. The molecule has 108 valence electrons. The molecule has 2 aliphatic rings. The largest absolute Gasteiger partial charge is 0.369 e. The Kier molecular flexibility index (Phi) is 3.19. The van der Waals surface area contributed by atoms with Crippen molar-refractivity contribution in [2.45, 2.75) is 38.6 Å². The molecule has 1 aliphatic heterocycles. The molecule has 2 N–H and O–H groups in total. The fourth-order valence-corrected chi connectivity index (χ4v) is 4.18. The second-order valence-electron chi connectivity index (χ2n) is 6.57. The molecule has 2 unspecified atom stereocenters. The molecule has 20 heavy (non-hydrogen) atoms. The van der Waals surface area contributed by atoms with Crippen molar-refractivity contribution in [1.82, 2.24) is 0 Å². The van der Waals surface area contributed by atoms with Crippen LogP contribution in [-0.4, -0.2) is 18.0 Å². The van der Waals surface area contributed by atoms with E-state index in [1.165, 1.54) is 12.5 Å². The predicted molar refractivity (Wildman–Crippen MR) is 80.3 cm³/mol. The molecule has 1 heterocycles. The molecule has 3 rings (SSSR count). The number of anilines is 1. The highest BCUT2D eigenvalue weighted by atomic mass is 19.1. The van der Waals surface area contributed by atoms with Crippen molar-refractivity contribution in [3.63, 3.8) is 0 Å². The van der Waals surface area contributed by atoms with E-state index in [9.17, 15) is 4.39 Å². The van der Waals surface area contributed by atoms with Crippen LogP contribution in [-0.2, 0) is 0 Å². The molecule has 0 amide bonds. The lowest BCUT2D eigenvalue weighted by atomic mass is 9.71. The highest BCUT2D eigenvalue weighted by Crippen LogP contribution is 2.44. The molecule has 0 aromatic heterocycles. The van der Waals surface area contributed by atoms with Crippen LogP contribution >= 0.6 is 0 Å². The number of nitrogens with two attached hydrogens (primary N) is 1. The van der Waals surface area contributed by atoms with Crippen molar-refractivity contribution < 1.29 is 4.39 Å². The summed E-state index contributed by atoms with van der Waals surface area (Å²) in [6.07, 6.45) is 3.38. The van der Waals surface area contributed by atoms with Gasteiger partial charge in [-0.3, -0.25) is 4.99 Å². The Hall–Kier alpha value is -1.58. The van der Waals surface area contributed by atoms with Gasteiger partial charge in [0.05, 0.1) is 12.1 Å². The third kappa shape index (κ3) is 2.17. The summed E-state index contributed by atoms with van der Waals surface area (Å²) in [5.74, 6) is 1.60. The molecule has 4 heteroatoms. The van der Waals surface area contributed by atoms with Gasteiger partial charge in [-0.15, -0.1) is 0 Å². The summed E-state index contributed by atoms with van der Waals surface area (Å²) in [7, 11) is 0. The minimum atomic E-state index is -0.228. The van der Waals surface area contributed by atoms with Gasteiger partial charge >= 0.3 is 0 Å². The van der Waals surface area contributed by atoms with Crippen LogP contribution in [0.25, 0.3) is 0 Å². The Morgan fingerprint density at radius 1 is 1.30 bits per heavy atom. The van der Waals surface area contributed by atoms with Crippen molar-refractivity contribution in [3.8, 4) is 0 Å². The van der Waals surface area contributed by atoms with E-state index in [1.807, 2.05) is 6.07 Å². The zero-order valence-corrected chi connectivity index (χ0v) is 12.1. The number of guanidine groups is 1. The van der Waals surface area contributed by atoms with E-state index in [2.05, 4.69) is 23.7 Å². The standard InChI is InChI=1S/C16H22FN3/c1-11-6-12(2)9-16(8-11)10-19-15(18)20(16)14-5-3-4-13(17)7-14/h3-5,7,11-12H,6,8-10H2,1-2H3,(H2,18,19). The summed E-state index contributed by atoms with van der Waals surface area (Å²) in [6, 6.07) is 6.67. The van der Waals surface area contributed by atoms with Crippen LogP contribution in [0.3, 0.4) is 0 Å². The predicted octanol–water partition coefficient (Wildman–Crippen LogP) is 3.16. The van der Waals surface area contributed by atoms with Gasteiger partial charge in [0.1, 0.15) is 5.82 Å². The van der Waals surface area contributed by atoms with E-state index in [4.69, 9.17) is 5.73 Å². The Bertz CT molecular complexity index is 530. The molecule has 1 aromatic rings. The number of hydrogen-bond acceptors (Lipinski definition) is 3. The van der Waals surface area contributed by atoms with Crippen molar-refractivity contribution in [2.24, 2.45) is 22.6 Å². The van der Waals surface area contributed by atoms with Crippen LogP contribution in [0.1, 0.15) is 33.1 Å². The zero-order valence-electron chi connectivity index (χ0n) is 12.1. The number of hydrogen-bond donors (Lipinski definition) is 1. The van der Waals surface area contributed by atoms with Crippen LogP contribution in [0.4, 0.5) is 10.1 Å². The molecule has 0 saturated heterocycles. The van der Waals surface area contributed by atoms with Crippen LogP contribution in [0, 0.1) is 17.7 Å². The maximum Gasteiger partial charge on any atom is 0.196 e. The first kappa shape index (κ1) is 13.4. The smallest absolute Gasteiger partial charge is 0.196 e. The molecule has 1 fully saturated rings. The average molecular weight is 275 g/mol. The number of halogens is 1. The normalized spacial score (nSPS) is 33.5. The molecule has 1 aliphatic carbocycles. The van der Waals surface area contributed by atoms with E-state index >= 15 is 0 Å². The number of rotatable bonds is 1. The second-order valence-corrected chi connectivity index (χ2v) is 6.57. The fourth-order valence-electron chi connectivity index (χ4n) is 4.18. The monoisotopic (exact) mass is 275 g/mol. The maximum atomic E-state index is 13.5. The number of benzene rings is 1. The highest BCUT2D eigenvalue weighted by Gasteiger charge is 2.47. The fraction of sp³-hybridized carbons (Fsp3) is 0.562. The van der Waals surface area contributed by atoms with E-state index in [1.54, 1.807) is 12.1 Å². The summed E-state index contributed by atoms with van der Waals surface area (Å²) < 4.78 is 13.5. The Morgan fingerprint density at radius 3 is 2.65 bits per heavy atom. The Balaban J connectivity index is 1.99. The highest BCUT2D eigenvalue weighted by molar-refractivity contribution is 5.98. The number of nitrogens with zero attached hydrogens (tertiary/aromatic N) is 2. The second kappa shape index (κ2) is 4.76. The summed E-state index contributed by atoms with van der Waals surface area (Å²) in [5.41, 5.74) is 6.87. The van der Waals surface area contributed by atoms with Crippen LogP contribution in [0.15, 0.2) is 29.3 Å². The molecule has 1 aromatic carbocycles. The number of aliphatic imine (C=N–C) groups is 1. The molecule has 0 radical (unpaired) electrons. The third-order valence-corrected chi connectivity index (χ3v) is 4.57. The third-order valence-electron chi connectivity index (χ3n) is 4.57. The summed E-state index contributed by atoms with van der Waals surface area (Å²) in [5, 5.41) is 0. The van der Waals surface area contributed by atoms with Gasteiger partial charge in [-0.1, -0.05) is 19.9 Å². The van der Waals surface area contributed by atoms with Crippen LogP contribution < -0.4 is 10.6 Å². The quantitative estimate of drug-likeness (QED) is 0.855. The van der Waals surface area contributed by atoms with Gasteiger partial charge in [-0.05, 0) is 49.3 Å². The summed E-state index contributed by atoms with van der Waals surface area (Å²) in [6.45, 7) is 5.30. The first-order valence-electron chi connectivity index (χ1n) is 7.36. The van der Waals surface area contributed by atoms with Crippen molar-refractivity contribution in [3.05, 3.63) is 30.1 Å². The lowest BCUT2D eigenvalue weighted by Crippen LogP contribution is -2.55. The van der Waals surface area contributed by atoms with Crippen LogP contribution in [0.2, 0.25) is 0 Å². The van der Waals surface area contributed by atoms with Crippen molar-refractivity contribution >= 4 is 11.6 Å². The van der Waals surface area contributed by atoms with E-state index in [0.29, 0.717) is 17.8 Å². The SMILES string of the molecule is CC1CC(C)CC2(CN=C(N)N2c2cccc(F)c2)C1. The molecule has 0 bridgehead atoms. The van der Waals surface area contributed by atoms with E-state index in [0.717, 1.165) is 25.1 Å².